The zero-order valence-electron chi connectivity index (χ0n) is 13.4. The summed E-state index contributed by atoms with van der Waals surface area (Å²) in [6.45, 7) is 11.8. The SMILES string of the molecule is C=C=C(C)CCC1c2[nH]c3ccccc3c2CCN1CC=C. The van der Waals surface area contributed by atoms with Gasteiger partial charge < -0.3 is 4.98 Å². The molecule has 1 aliphatic heterocycles. The van der Waals surface area contributed by atoms with Gasteiger partial charge in [0.2, 0.25) is 0 Å². The summed E-state index contributed by atoms with van der Waals surface area (Å²) < 4.78 is 0. The molecule has 0 radical (unpaired) electrons. The van der Waals surface area contributed by atoms with Crippen LogP contribution < -0.4 is 0 Å². The van der Waals surface area contributed by atoms with Gasteiger partial charge in [-0.25, -0.2) is 0 Å². The molecule has 3 rings (SSSR count). The zero-order valence-corrected chi connectivity index (χ0v) is 13.4. The smallest absolute Gasteiger partial charge is 0.0508 e. The van der Waals surface area contributed by atoms with Crippen molar-refractivity contribution in [3.05, 3.63) is 66.1 Å². The van der Waals surface area contributed by atoms with E-state index in [0.717, 1.165) is 32.4 Å². The van der Waals surface area contributed by atoms with Gasteiger partial charge in [0.25, 0.3) is 0 Å². The monoisotopic (exact) mass is 292 g/mol. The highest BCUT2D eigenvalue weighted by Crippen LogP contribution is 2.37. The Kier molecular flexibility index (Phi) is 4.33. The molecular formula is C20H24N2. The maximum absolute atomic E-state index is 3.92. The molecule has 0 fully saturated rings. The molecule has 2 heteroatoms. The molecule has 0 spiro atoms. The number of para-hydroxylation sites is 1. The van der Waals surface area contributed by atoms with Crippen molar-refractivity contribution in [3.8, 4) is 0 Å². The summed E-state index contributed by atoms with van der Waals surface area (Å²) >= 11 is 0. The second-order valence-corrected chi connectivity index (χ2v) is 6.11. The largest absolute Gasteiger partial charge is 0.357 e. The van der Waals surface area contributed by atoms with Crippen LogP contribution in [0.15, 0.2) is 54.8 Å². The molecule has 1 N–H and O–H groups in total. The van der Waals surface area contributed by atoms with Crippen molar-refractivity contribution in [2.75, 3.05) is 13.1 Å². The minimum absolute atomic E-state index is 0.428. The molecule has 1 aromatic heterocycles. The molecule has 2 aromatic rings. The molecule has 0 bridgehead atoms. The summed E-state index contributed by atoms with van der Waals surface area (Å²) in [5.41, 5.74) is 8.41. The topological polar surface area (TPSA) is 19.0 Å². The van der Waals surface area contributed by atoms with Gasteiger partial charge in [-0.05, 0) is 43.4 Å². The molecule has 2 heterocycles. The highest BCUT2D eigenvalue weighted by atomic mass is 15.2. The van der Waals surface area contributed by atoms with Crippen LogP contribution >= 0.6 is 0 Å². The minimum atomic E-state index is 0.428. The fourth-order valence-electron chi connectivity index (χ4n) is 3.52. The highest BCUT2D eigenvalue weighted by molar-refractivity contribution is 5.85. The number of hydrogen-bond donors (Lipinski definition) is 1. The van der Waals surface area contributed by atoms with Crippen LogP contribution in [0.2, 0.25) is 0 Å². The Morgan fingerprint density at radius 3 is 3.05 bits per heavy atom. The standard InChI is InChI=1S/C20H24N2/c1-4-13-22-14-12-17-16-8-6-7-9-18(16)21-20(17)19(22)11-10-15(3)5-2/h4,6-9,19,21H,1-2,10-14H2,3H3. The Balaban J connectivity index is 1.99. The summed E-state index contributed by atoms with van der Waals surface area (Å²) in [7, 11) is 0. The Bertz CT molecular complexity index is 731. The number of benzene rings is 1. The number of rotatable bonds is 5. The van der Waals surface area contributed by atoms with Crippen LogP contribution in [0.5, 0.6) is 0 Å². The van der Waals surface area contributed by atoms with Crippen LogP contribution in [0.25, 0.3) is 10.9 Å². The van der Waals surface area contributed by atoms with E-state index in [9.17, 15) is 0 Å². The molecule has 1 atom stereocenters. The van der Waals surface area contributed by atoms with Crippen LogP contribution in [0.1, 0.15) is 37.1 Å². The second kappa shape index (κ2) is 6.39. The van der Waals surface area contributed by atoms with E-state index in [1.54, 1.807) is 0 Å². The van der Waals surface area contributed by atoms with E-state index < -0.39 is 0 Å². The van der Waals surface area contributed by atoms with Crippen LogP contribution in [0, 0.1) is 0 Å². The average Bonchev–Trinajstić information content (AvgIpc) is 2.92. The first-order valence-corrected chi connectivity index (χ1v) is 8.04. The number of fused-ring (bicyclic) bond motifs is 3. The van der Waals surface area contributed by atoms with Gasteiger partial charge in [0, 0.05) is 29.7 Å². The van der Waals surface area contributed by atoms with Crippen molar-refractivity contribution in [2.45, 2.75) is 32.2 Å². The number of nitrogens with zero attached hydrogens (tertiary/aromatic N) is 1. The molecule has 1 unspecified atom stereocenters. The van der Waals surface area contributed by atoms with Crippen molar-refractivity contribution in [1.82, 2.24) is 9.88 Å². The maximum atomic E-state index is 3.92. The van der Waals surface area contributed by atoms with Crippen molar-refractivity contribution in [2.24, 2.45) is 0 Å². The quantitative estimate of drug-likeness (QED) is 0.621. The Hall–Kier alpha value is -2.02. The molecule has 0 saturated carbocycles. The first-order chi connectivity index (χ1) is 10.7. The molecular weight excluding hydrogens is 268 g/mol. The van der Waals surface area contributed by atoms with E-state index in [0.29, 0.717) is 6.04 Å². The number of allylic oxidation sites excluding steroid dienone is 1. The van der Waals surface area contributed by atoms with Crippen molar-refractivity contribution in [1.29, 1.82) is 0 Å². The summed E-state index contributed by atoms with van der Waals surface area (Å²) in [6.07, 6.45) is 5.26. The third-order valence-electron chi connectivity index (χ3n) is 4.73. The number of aromatic nitrogens is 1. The third kappa shape index (κ3) is 2.68. The predicted octanol–water partition coefficient (Wildman–Crippen LogP) is 4.76. The van der Waals surface area contributed by atoms with E-state index in [4.69, 9.17) is 0 Å². The number of aromatic amines is 1. The van der Waals surface area contributed by atoms with Gasteiger partial charge >= 0.3 is 0 Å². The van der Waals surface area contributed by atoms with Crippen LogP contribution in [0.3, 0.4) is 0 Å². The van der Waals surface area contributed by atoms with E-state index in [1.165, 1.54) is 27.7 Å². The first kappa shape index (κ1) is 14.9. The summed E-state index contributed by atoms with van der Waals surface area (Å²) in [6, 6.07) is 9.08. The highest BCUT2D eigenvalue weighted by Gasteiger charge is 2.29. The molecule has 1 aromatic carbocycles. The van der Waals surface area contributed by atoms with Crippen molar-refractivity contribution < 1.29 is 0 Å². The minimum Gasteiger partial charge on any atom is -0.357 e. The molecule has 0 amide bonds. The van der Waals surface area contributed by atoms with E-state index in [2.05, 4.69) is 60.0 Å². The Labute approximate surface area is 132 Å². The fourth-order valence-corrected chi connectivity index (χ4v) is 3.52. The third-order valence-corrected chi connectivity index (χ3v) is 4.73. The maximum Gasteiger partial charge on any atom is 0.0508 e. The lowest BCUT2D eigenvalue weighted by atomic mass is 9.93. The Morgan fingerprint density at radius 1 is 1.45 bits per heavy atom. The van der Waals surface area contributed by atoms with E-state index in [-0.39, 0.29) is 0 Å². The van der Waals surface area contributed by atoms with Gasteiger partial charge in [0.1, 0.15) is 0 Å². The lowest BCUT2D eigenvalue weighted by Gasteiger charge is -2.35. The number of nitrogens with one attached hydrogen (secondary N) is 1. The van der Waals surface area contributed by atoms with Crippen molar-refractivity contribution >= 4 is 10.9 Å². The summed E-state index contributed by atoms with van der Waals surface area (Å²) in [4.78, 5) is 6.20. The van der Waals surface area contributed by atoms with Crippen molar-refractivity contribution in [3.63, 3.8) is 0 Å². The molecule has 1 aliphatic rings. The number of hydrogen-bond acceptors (Lipinski definition) is 1. The average molecular weight is 292 g/mol. The summed E-state index contributed by atoms with van der Waals surface area (Å²) in [5.74, 6) is 0. The molecule has 22 heavy (non-hydrogen) atoms. The first-order valence-electron chi connectivity index (χ1n) is 8.04. The van der Waals surface area contributed by atoms with E-state index in [1.807, 2.05) is 6.08 Å². The normalized spacial score (nSPS) is 18.0. The lowest BCUT2D eigenvalue weighted by molar-refractivity contribution is 0.193. The number of H-pyrrole nitrogens is 1. The van der Waals surface area contributed by atoms with Gasteiger partial charge in [-0.2, -0.15) is 0 Å². The molecule has 0 aliphatic carbocycles. The van der Waals surface area contributed by atoms with E-state index >= 15 is 0 Å². The van der Waals surface area contributed by atoms with Gasteiger partial charge in [-0.3, -0.25) is 4.90 Å². The summed E-state index contributed by atoms with van der Waals surface area (Å²) in [5, 5.41) is 1.39. The second-order valence-electron chi connectivity index (χ2n) is 6.11. The van der Waals surface area contributed by atoms with Gasteiger partial charge in [-0.15, -0.1) is 12.3 Å². The molecule has 0 saturated heterocycles. The Morgan fingerprint density at radius 2 is 2.27 bits per heavy atom. The van der Waals surface area contributed by atoms with Crippen LogP contribution in [-0.2, 0) is 6.42 Å². The predicted molar refractivity (Wildman–Crippen MR) is 94.1 cm³/mol. The zero-order chi connectivity index (χ0) is 15.5. The lowest BCUT2D eigenvalue weighted by Crippen LogP contribution is -2.35. The molecule has 114 valence electrons. The fraction of sp³-hybridized carbons (Fsp3) is 0.350. The van der Waals surface area contributed by atoms with Crippen LogP contribution in [-0.4, -0.2) is 23.0 Å². The van der Waals surface area contributed by atoms with Gasteiger partial charge in [0.05, 0.1) is 6.04 Å². The van der Waals surface area contributed by atoms with Gasteiger partial charge in [0.15, 0.2) is 0 Å². The molecule has 2 nitrogen and oxygen atoms in total. The van der Waals surface area contributed by atoms with Crippen LogP contribution in [0.4, 0.5) is 0 Å². The van der Waals surface area contributed by atoms with Gasteiger partial charge in [-0.1, -0.05) is 30.9 Å².